The number of oxime groups is 1. The molecule has 6 heteroatoms. The zero-order valence-corrected chi connectivity index (χ0v) is 15.9. The minimum absolute atomic E-state index is 0.145. The highest BCUT2D eigenvalue weighted by atomic mass is 16.6. The molecule has 5 atom stereocenters. The molecule has 0 aromatic heterocycles. The fourth-order valence-electron chi connectivity index (χ4n) is 5.91. The number of phenols is 1. The fraction of sp³-hybridized carbons (Fsp3) is 0.545. The normalized spacial score (nSPS) is 37.5. The minimum Gasteiger partial charge on any atom is -0.508 e. The van der Waals surface area contributed by atoms with E-state index >= 15 is 0 Å². The van der Waals surface area contributed by atoms with Gasteiger partial charge in [-0.1, -0.05) is 24.1 Å². The van der Waals surface area contributed by atoms with E-state index in [4.69, 9.17) is 16.4 Å². The van der Waals surface area contributed by atoms with Crippen LogP contribution in [-0.4, -0.2) is 39.2 Å². The molecular weight excluding hydrogens is 358 g/mol. The van der Waals surface area contributed by atoms with Crippen molar-refractivity contribution in [2.75, 3.05) is 6.61 Å². The van der Waals surface area contributed by atoms with E-state index in [1.165, 1.54) is 0 Å². The van der Waals surface area contributed by atoms with Gasteiger partial charge in [0.1, 0.15) is 11.4 Å². The Hall–Kier alpha value is -2.52. The van der Waals surface area contributed by atoms with Crippen molar-refractivity contribution in [3.63, 3.8) is 0 Å². The number of aliphatic carboxylic acids is 1. The van der Waals surface area contributed by atoms with Crippen molar-refractivity contribution in [1.29, 1.82) is 0 Å². The quantitative estimate of drug-likeness (QED) is 0.551. The number of hydrogen-bond acceptors (Lipinski definition) is 5. The molecule has 3 aliphatic rings. The second-order valence-electron chi connectivity index (χ2n) is 8.56. The Labute approximate surface area is 164 Å². The van der Waals surface area contributed by atoms with Crippen molar-refractivity contribution in [3.05, 3.63) is 29.3 Å². The van der Waals surface area contributed by atoms with E-state index in [0.717, 1.165) is 30.4 Å². The SMILES string of the molecule is C#C[C@]1(O)CCC2C3CC(=NOCC(=O)O)c4cc(O)ccc4C3CCC21C. The van der Waals surface area contributed by atoms with Crippen molar-refractivity contribution >= 4 is 11.7 Å². The summed E-state index contributed by atoms with van der Waals surface area (Å²) in [7, 11) is 0. The van der Waals surface area contributed by atoms with E-state index in [1.54, 1.807) is 12.1 Å². The Bertz CT molecular complexity index is 887. The van der Waals surface area contributed by atoms with Gasteiger partial charge in [-0.15, -0.1) is 6.42 Å². The summed E-state index contributed by atoms with van der Waals surface area (Å²) in [4.78, 5) is 15.8. The number of nitrogens with zero attached hydrogens (tertiary/aromatic N) is 1. The molecule has 28 heavy (non-hydrogen) atoms. The van der Waals surface area contributed by atoms with Crippen LogP contribution in [0.5, 0.6) is 5.75 Å². The highest BCUT2D eigenvalue weighted by Gasteiger charge is 2.61. The van der Waals surface area contributed by atoms with Gasteiger partial charge in [-0.05, 0) is 67.6 Å². The van der Waals surface area contributed by atoms with Gasteiger partial charge in [-0.3, -0.25) is 0 Å². The summed E-state index contributed by atoms with van der Waals surface area (Å²) >= 11 is 0. The van der Waals surface area contributed by atoms with Crippen LogP contribution < -0.4 is 0 Å². The van der Waals surface area contributed by atoms with Gasteiger partial charge in [-0.25, -0.2) is 4.79 Å². The maximum absolute atomic E-state index is 11.1. The molecule has 0 spiro atoms. The molecule has 0 radical (unpaired) electrons. The van der Waals surface area contributed by atoms with Crippen LogP contribution >= 0.6 is 0 Å². The van der Waals surface area contributed by atoms with Gasteiger partial charge in [0.2, 0.25) is 6.61 Å². The lowest BCUT2D eigenvalue weighted by Gasteiger charge is -2.52. The molecular formula is C22H25NO5. The summed E-state index contributed by atoms with van der Waals surface area (Å²) in [5.74, 6) is 2.51. The molecule has 2 saturated carbocycles. The van der Waals surface area contributed by atoms with E-state index in [9.17, 15) is 15.0 Å². The van der Waals surface area contributed by atoms with Crippen molar-refractivity contribution in [2.45, 2.75) is 50.5 Å². The molecule has 1 aromatic carbocycles. The average Bonchev–Trinajstić information content (AvgIpc) is 2.93. The first-order valence-electron chi connectivity index (χ1n) is 9.73. The number of rotatable bonds is 3. The monoisotopic (exact) mass is 383 g/mol. The molecule has 1 aromatic rings. The number of aliphatic hydroxyl groups is 1. The number of carboxylic acids is 1. The first-order chi connectivity index (χ1) is 13.3. The predicted octanol–water partition coefficient (Wildman–Crippen LogP) is 2.88. The number of hydrogen-bond donors (Lipinski definition) is 3. The third-order valence-electron chi connectivity index (χ3n) is 7.37. The van der Waals surface area contributed by atoms with Crippen LogP contribution in [0.25, 0.3) is 0 Å². The number of phenolic OH excluding ortho intramolecular Hbond substituents is 1. The lowest BCUT2D eigenvalue weighted by atomic mass is 9.53. The Morgan fingerprint density at radius 3 is 2.89 bits per heavy atom. The van der Waals surface area contributed by atoms with Crippen LogP contribution in [0, 0.1) is 29.6 Å². The summed E-state index contributed by atoms with van der Waals surface area (Å²) in [5, 5.41) is 34.0. The molecule has 148 valence electrons. The Morgan fingerprint density at radius 1 is 1.39 bits per heavy atom. The van der Waals surface area contributed by atoms with Crippen molar-refractivity contribution in [3.8, 4) is 18.1 Å². The molecule has 4 rings (SSSR count). The van der Waals surface area contributed by atoms with Crippen LogP contribution in [0.3, 0.4) is 0 Å². The van der Waals surface area contributed by atoms with Gasteiger partial charge in [0, 0.05) is 11.0 Å². The van der Waals surface area contributed by atoms with Crippen molar-refractivity contribution < 1.29 is 25.0 Å². The van der Waals surface area contributed by atoms with Crippen LogP contribution in [-0.2, 0) is 9.63 Å². The predicted molar refractivity (Wildman–Crippen MR) is 103 cm³/mol. The Kier molecular flexibility index (Phi) is 4.39. The lowest BCUT2D eigenvalue weighted by molar-refractivity contribution is -0.142. The van der Waals surface area contributed by atoms with Crippen LogP contribution in [0.4, 0.5) is 0 Å². The number of carbonyl (C=O) groups is 1. The molecule has 0 heterocycles. The van der Waals surface area contributed by atoms with E-state index in [-0.39, 0.29) is 23.0 Å². The first-order valence-corrected chi connectivity index (χ1v) is 9.73. The van der Waals surface area contributed by atoms with Crippen LogP contribution in [0.2, 0.25) is 0 Å². The van der Waals surface area contributed by atoms with Gasteiger partial charge in [0.25, 0.3) is 0 Å². The average molecular weight is 383 g/mol. The van der Waals surface area contributed by atoms with E-state index in [0.29, 0.717) is 24.5 Å². The molecule has 2 fully saturated rings. The number of aromatic hydroxyl groups is 1. The lowest BCUT2D eigenvalue weighted by Crippen LogP contribution is -2.50. The van der Waals surface area contributed by atoms with Gasteiger partial charge >= 0.3 is 5.97 Å². The second-order valence-corrected chi connectivity index (χ2v) is 8.56. The molecule has 3 N–H and O–H groups in total. The van der Waals surface area contributed by atoms with Gasteiger partial charge in [-0.2, -0.15) is 0 Å². The van der Waals surface area contributed by atoms with Crippen molar-refractivity contribution in [2.24, 2.45) is 22.4 Å². The second kappa shape index (κ2) is 6.52. The van der Waals surface area contributed by atoms with Crippen molar-refractivity contribution in [1.82, 2.24) is 0 Å². The summed E-state index contributed by atoms with van der Waals surface area (Å²) < 4.78 is 0. The zero-order valence-electron chi connectivity index (χ0n) is 15.9. The molecule has 4 unspecified atom stereocenters. The highest BCUT2D eigenvalue weighted by Crippen LogP contribution is 2.64. The van der Waals surface area contributed by atoms with Crippen LogP contribution in [0.1, 0.15) is 56.1 Å². The molecule has 0 amide bonds. The van der Waals surface area contributed by atoms with E-state index in [2.05, 4.69) is 18.0 Å². The molecule has 0 saturated heterocycles. The van der Waals surface area contributed by atoms with E-state index in [1.807, 2.05) is 6.07 Å². The summed E-state index contributed by atoms with van der Waals surface area (Å²) in [6.07, 6.45) is 9.53. The first kappa shape index (κ1) is 18.8. The fourth-order valence-corrected chi connectivity index (χ4v) is 5.91. The van der Waals surface area contributed by atoms with Gasteiger partial charge in [0.15, 0.2) is 0 Å². The largest absolute Gasteiger partial charge is 0.508 e. The van der Waals surface area contributed by atoms with E-state index < -0.39 is 18.2 Å². The molecule has 0 aliphatic heterocycles. The Balaban J connectivity index is 1.74. The minimum atomic E-state index is -1.09. The summed E-state index contributed by atoms with van der Waals surface area (Å²) in [5.41, 5.74) is 1.14. The third kappa shape index (κ3) is 2.68. The summed E-state index contributed by atoms with van der Waals surface area (Å²) in [6.45, 7) is 1.59. The smallest absolute Gasteiger partial charge is 0.344 e. The molecule has 3 aliphatic carbocycles. The maximum atomic E-state index is 11.1. The molecule has 6 nitrogen and oxygen atoms in total. The standard InChI is InChI=1S/C22H25NO5/c1-3-22(27)9-7-18-16-11-19(23-28-12-20(25)26)17-10-13(24)4-5-14(17)15(16)6-8-21(18,22)2/h1,4-5,10,15-16,18,24,27H,6-9,11-12H2,2H3,(H,25,26)/t15?,16?,18?,21?,22-/m0/s1. The van der Waals surface area contributed by atoms with Gasteiger partial charge in [0.05, 0.1) is 5.71 Å². The maximum Gasteiger partial charge on any atom is 0.344 e. The van der Waals surface area contributed by atoms with Crippen LogP contribution in [0.15, 0.2) is 23.4 Å². The highest BCUT2D eigenvalue weighted by molar-refractivity contribution is 6.03. The topological polar surface area (TPSA) is 99.4 Å². The number of terminal acetylenes is 1. The number of fused-ring (bicyclic) bond motifs is 5. The zero-order chi connectivity index (χ0) is 20.1. The number of carboxylic acid groups (broad SMARTS) is 1. The Morgan fingerprint density at radius 2 is 2.18 bits per heavy atom. The third-order valence-corrected chi connectivity index (χ3v) is 7.37. The summed E-state index contributed by atoms with van der Waals surface area (Å²) in [6, 6.07) is 5.28. The molecule has 0 bridgehead atoms. The van der Waals surface area contributed by atoms with Gasteiger partial charge < -0.3 is 20.2 Å². The number of benzene rings is 1.